The summed E-state index contributed by atoms with van der Waals surface area (Å²) >= 11 is 0. The van der Waals surface area contributed by atoms with E-state index >= 15 is 0 Å². The molecular weight excluding hydrogens is 315 g/mol. The molecule has 0 aliphatic carbocycles. The Labute approximate surface area is 126 Å². The topological polar surface area (TPSA) is 46.2 Å². The normalized spacial score (nSPS) is 12.2. The molecule has 22 heavy (non-hydrogen) atoms. The van der Waals surface area contributed by atoms with E-state index in [0.29, 0.717) is 0 Å². The third-order valence-corrected chi connectivity index (χ3v) is 4.52. The smallest absolute Gasteiger partial charge is 0.279 e. The summed E-state index contributed by atoms with van der Waals surface area (Å²) in [5.74, 6) is 0. The van der Waals surface area contributed by atoms with E-state index in [1.54, 1.807) is 18.2 Å². The van der Waals surface area contributed by atoms with E-state index in [9.17, 15) is 21.6 Å². The van der Waals surface area contributed by atoms with Crippen molar-refractivity contribution in [3.8, 4) is 0 Å². The van der Waals surface area contributed by atoms with Gasteiger partial charge in [-0.1, -0.05) is 18.2 Å². The van der Waals surface area contributed by atoms with Crippen LogP contribution in [0.25, 0.3) is 0 Å². The maximum Gasteiger partial charge on any atom is 0.416 e. The molecule has 2 aromatic rings. The number of aryl methyl sites for hydroxylation is 2. The summed E-state index contributed by atoms with van der Waals surface area (Å²) in [5.41, 5.74) is -0.208. The molecule has 0 bridgehead atoms. The monoisotopic (exact) mass is 329 g/mol. The van der Waals surface area contributed by atoms with Gasteiger partial charge in [0.25, 0.3) is 10.0 Å². The predicted octanol–water partition coefficient (Wildman–Crippen LogP) is 4.12. The molecule has 2 rings (SSSR count). The van der Waals surface area contributed by atoms with Crippen molar-refractivity contribution in [2.45, 2.75) is 24.9 Å². The van der Waals surface area contributed by atoms with Gasteiger partial charge in [0.1, 0.15) is 0 Å². The van der Waals surface area contributed by atoms with Gasteiger partial charge in [0.15, 0.2) is 0 Å². The number of hydrogen-bond acceptors (Lipinski definition) is 2. The second kappa shape index (κ2) is 5.64. The summed E-state index contributed by atoms with van der Waals surface area (Å²) in [6.45, 7) is 2.87. The minimum absolute atomic E-state index is 0.0497. The van der Waals surface area contributed by atoms with Crippen molar-refractivity contribution in [2.24, 2.45) is 0 Å². The Bertz CT molecular complexity index is 761. The van der Waals surface area contributed by atoms with Crippen molar-refractivity contribution < 1.29 is 21.6 Å². The fraction of sp³-hybridized carbons (Fsp3) is 0.200. The van der Waals surface area contributed by atoms with Crippen LogP contribution < -0.4 is 4.72 Å². The second-order valence-corrected chi connectivity index (χ2v) is 6.58. The SMILES string of the molecule is Cc1cc(C(F)(F)F)cc(C)c1NS(=O)(=O)c1ccccc1. The highest BCUT2D eigenvalue weighted by Crippen LogP contribution is 2.34. The Morgan fingerprint density at radius 1 is 0.955 bits per heavy atom. The van der Waals surface area contributed by atoms with Crippen LogP contribution in [0.5, 0.6) is 0 Å². The first kappa shape index (κ1) is 16.4. The fourth-order valence-electron chi connectivity index (χ4n) is 2.08. The maximum absolute atomic E-state index is 12.7. The summed E-state index contributed by atoms with van der Waals surface area (Å²) in [6.07, 6.45) is -4.47. The molecule has 0 fully saturated rings. The fourth-order valence-corrected chi connectivity index (χ4v) is 3.31. The summed E-state index contributed by atoms with van der Waals surface area (Å²) in [6, 6.07) is 9.50. The largest absolute Gasteiger partial charge is 0.416 e. The number of benzene rings is 2. The number of alkyl halides is 3. The van der Waals surface area contributed by atoms with E-state index in [1.807, 2.05) is 0 Å². The van der Waals surface area contributed by atoms with Crippen LogP contribution in [0.2, 0.25) is 0 Å². The number of hydrogen-bond donors (Lipinski definition) is 1. The molecule has 3 nitrogen and oxygen atoms in total. The zero-order valence-electron chi connectivity index (χ0n) is 11.9. The lowest BCUT2D eigenvalue weighted by Gasteiger charge is -2.16. The van der Waals surface area contributed by atoms with E-state index in [4.69, 9.17) is 0 Å². The molecule has 0 aliphatic heterocycles. The Hall–Kier alpha value is -2.02. The lowest BCUT2D eigenvalue weighted by molar-refractivity contribution is -0.137. The Morgan fingerprint density at radius 3 is 1.91 bits per heavy atom. The van der Waals surface area contributed by atoms with Gasteiger partial charge in [0.2, 0.25) is 0 Å². The molecule has 0 heterocycles. The van der Waals surface area contributed by atoms with Gasteiger partial charge < -0.3 is 0 Å². The van der Waals surface area contributed by atoms with Gasteiger partial charge in [0, 0.05) is 0 Å². The molecule has 1 N–H and O–H groups in total. The first-order chi connectivity index (χ1) is 10.1. The molecule has 0 radical (unpaired) electrons. The second-order valence-electron chi connectivity index (χ2n) is 4.90. The van der Waals surface area contributed by atoms with E-state index in [-0.39, 0.29) is 21.7 Å². The van der Waals surface area contributed by atoms with Crippen molar-refractivity contribution in [1.29, 1.82) is 0 Å². The van der Waals surface area contributed by atoms with Gasteiger partial charge in [-0.05, 0) is 49.2 Å². The number of rotatable bonds is 3. The molecule has 0 amide bonds. The van der Waals surface area contributed by atoms with Crippen LogP contribution >= 0.6 is 0 Å². The molecule has 2 aromatic carbocycles. The van der Waals surface area contributed by atoms with Crippen molar-refractivity contribution >= 4 is 15.7 Å². The molecule has 0 saturated carbocycles. The zero-order chi connectivity index (χ0) is 16.5. The predicted molar refractivity (Wildman–Crippen MR) is 78.2 cm³/mol. The number of anilines is 1. The first-order valence-electron chi connectivity index (χ1n) is 6.37. The van der Waals surface area contributed by atoms with E-state index in [0.717, 1.165) is 12.1 Å². The summed E-state index contributed by atoms with van der Waals surface area (Å²) in [5, 5.41) is 0. The van der Waals surface area contributed by atoms with Crippen molar-refractivity contribution in [3.63, 3.8) is 0 Å². The van der Waals surface area contributed by atoms with Crippen LogP contribution in [0.15, 0.2) is 47.4 Å². The molecule has 0 atom stereocenters. The Balaban J connectivity index is 2.43. The van der Waals surface area contributed by atoms with Crippen LogP contribution in [0.1, 0.15) is 16.7 Å². The highest BCUT2D eigenvalue weighted by atomic mass is 32.2. The molecule has 0 spiro atoms. The number of halogens is 3. The van der Waals surface area contributed by atoms with Crippen molar-refractivity contribution in [2.75, 3.05) is 4.72 Å². The maximum atomic E-state index is 12.7. The molecule has 0 aromatic heterocycles. The molecular formula is C15H14F3NO2S. The molecule has 0 aliphatic rings. The van der Waals surface area contributed by atoms with Gasteiger partial charge in [-0.25, -0.2) is 8.42 Å². The standard InChI is InChI=1S/C15H14F3NO2S/c1-10-8-12(15(16,17)18)9-11(2)14(10)19-22(20,21)13-6-4-3-5-7-13/h3-9,19H,1-2H3. The van der Waals surface area contributed by atoms with Crippen molar-refractivity contribution in [1.82, 2.24) is 0 Å². The van der Waals surface area contributed by atoms with E-state index in [1.165, 1.54) is 26.0 Å². The lowest BCUT2D eigenvalue weighted by Crippen LogP contribution is -2.15. The summed E-state index contributed by atoms with van der Waals surface area (Å²) < 4.78 is 65.1. The van der Waals surface area contributed by atoms with Gasteiger partial charge in [0.05, 0.1) is 16.1 Å². The van der Waals surface area contributed by atoms with Crippen LogP contribution in [0.4, 0.5) is 18.9 Å². The number of nitrogens with one attached hydrogen (secondary N) is 1. The minimum Gasteiger partial charge on any atom is -0.279 e. The molecule has 0 unspecified atom stereocenters. The number of sulfonamides is 1. The Kier molecular flexibility index (Phi) is 4.19. The summed E-state index contributed by atoms with van der Waals surface area (Å²) in [4.78, 5) is 0.0497. The van der Waals surface area contributed by atoms with E-state index in [2.05, 4.69) is 4.72 Å². The third-order valence-electron chi connectivity index (χ3n) is 3.15. The molecule has 7 heteroatoms. The van der Waals surface area contributed by atoms with Gasteiger partial charge in [-0.3, -0.25) is 4.72 Å². The average Bonchev–Trinajstić information content (AvgIpc) is 2.42. The van der Waals surface area contributed by atoms with Crippen LogP contribution in [0.3, 0.4) is 0 Å². The molecule has 118 valence electrons. The van der Waals surface area contributed by atoms with E-state index < -0.39 is 21.8 Å². The van der Waals surface area contributed by atoms with Crippen LogP contribution in [-0.4, -0.2) is 8.42 Å². The van der Waals surface area contributed by atoms with Crippen LogP contribution in [0, 0.1) is 13.8 Å². The third kappa shape index (κ3) is 3.41. The van der Waals surface area contributed by atoms with Gasteiger partial charge >= 0.3 is 6.18 Å². The van der Waals surface area contributed by atoms with Gasteiger partial charge in [-0.15, -0.1) is 0 Å². The first-order valence-corrected chi connectivity index (χ1v) is 7.86. The van der Waals surface area contributed by atoms with Gasteiger partial charge in [-0.2, -0.15) is 13.2 Å². The highest BCUT2D eigenvalue weighted by molar-refractivity contribution is 7.92. The zero-order valence-corrected chi connectivity index (χ0v) is 12.7. The quantitative estimate of drug-likeness (QED) is 0.920. The van der Waals surface area contributed by atoms with Crippen LogP contribution in [-0.2, 0) is 16.2 Å². The minimum atomic E-state index is -4.47. The Morgan fingerprint density at radius 2 is 1.45 bits per heavy atom. The summed E-state index contributed by atoms with van der Waals surface area (Å²) in [7, 11) is -3.84. The molecule has 0 saturated heterocycles. The van der Waals surface area contributed by atoms with Crippen molar-refractivity contribution in [3.05, 3.63) is 59.2 Å². The highest BCUT2D eigenvalue weighted by Gasteiger charge is 2.31. The average molecular weight is 329 g/mol. The lowest BCUT2D eigenvalue weighted by atomic mass is 10.0.